The summed E-state index contributed by atoms with van der Waals surface area (Å²) in [6.45, 7) is 5.73. The summed E-state index contributed by atoms with van der Waals surface area (Å²) in [7, 11) is 0. The molecular weight excluding hydrogens is 438 g/mol. The molecule has 0 saturated heterocycles. The van der Waals surface area contributed by atoms with Crippen molar-refractivity contribution in [2.45, 2.75) is 76.5 Å². The maximum Gasteiger partial charge on any atom is 0.217 e. The minimum atomic E-state index is -1.02. The predicted octanol–water partition coefficient (Wildman–Crippen LogP) is 4.12. The number of ketones is 1. The van der Waals surface area contributed by atoms with Crippen molar-refractivity contribution in [1.82, 2.24) is 10.6 Å². The molecule has 0 radical (unpaired) electrons. The molecule has 1 aliphatic carbocycles. The Bertz CT molecular complexity index is 994. The van der Waals surface area contributed by atoms with E-state index in [9.17, 15) is 23.5 Å². The SMILES string of the molecule is CC(=O)NC(Cc1cc(F)cc(F)c1)C(O)CNC1(c2cccc(C(C)C)c2)CCC(=O)CC1. The summed E-state index contributed by atoms with van der Waals surface area (Å²) in [4.78, 5) is 23.8. The van der Waals surface area contributed by atoms with E-state index in [-0.39, 0.29) is 24.7 Å². The molecule has 1 fully saturated rings. The van der Waals surface area contributed by atoms with Crippen molar-refractivity contribution >= 4 is 11.7 Å². The number of carbonyl (C=O) groups is 2. The van der Waals surface area contributed by atoms with Crippen LogP contribution in [0.1, 0.15) is 69.1 Å². The van der Waals surface area contributed by atoms with E-state index in [1.54, 1.807) is 0 Å². The van der Waals surface area contributed by atoms with Crippen molar-refractivity contribution in [2.75, 3.05) is 6.54 Å². The molecule has 0 aliphatic heterocycles. The molecule has 2 aromatic carbocycles. The Morgan fingerprint density at radius 1 is 1.09 bits per heavy atom. The van der Waals surface area contributed by atoms with E-state index in [4.69, 9.17) is 0 Å². The number of halogens is 2. The van der Waals surface area contributed by atoms with Crippen LogP contribution in [-0.2, 0) is 21.5 Å². The first-order chi connectivity index (χ1) is 16.1. The van der Waals surface area contributed by atoms with E-state index in [1.807, 2.05) is 12.1 Å². The molecule has 0 heterocycles. The average Bonchev–Trinajstić information content (AvgIpc) is 2.77. The number of amides is 1. The van der Waals surface area contributed by atoms with Gasteiger partial charge in [0, 0.05) is 37.9 Å². The third kappa shape index (κ3) is 6.70. The summed E-state index contributed by atoms with van der Waals surface area (Å²) < 4.78 is 27.3. The smallest absolute Gasteiger partial charge is 0.217 e. The lowest BCUT2D eigenvalue weighted by molar-refractivity contribution is -0.122. The third-order valence-corrected chi connectivity index (χ3v) is 6.65. The van der Waals surface area contributed by atoms with Crippen LogP contribution in [0.4, 0.5) is 8.78 Å². The number of benzene rings is 2. The molecule has 2 atom stereocenters. The van der Waals surface area contributed by atoms with Crippen molar-refractivity contribution < 1.29 is 23.5 Å². The van der Waals surface area contributed by atoms with Gasteiger partial charge in [-0.25, -0.2) is 8.78 Å². The van der Waals surface area contributed by atoms with Crippen molar-refractivity contribution in [2.24, 2.45) is 0 Å². The number of carbonyl (C=O) groups excluding carboxylic acids is 2. The molecule has 2 aromatic rings. The second kappa shape index (κ2) is 11.2. The highest BCUT2D eigenvalue weighted by atomic mass is 19.1. The zero-order chi connectivity index (χ0) is 24.9. The summed E-state index contributed by atoms with van der Waals surface area (Å²) in [6, 6.07) is 10.7. The quantitative estimate of drug-likeness (QED) is 0.513. The van der Waals surface area contributed by atoms with Crippen LogP contribution in [0, 0.1) is 11.6 Å². The zero-order valence-electron chi connectivity index (χ0n) is 20.0. The van der Waals surface area contributed by atoms with Gasteiger partial charge >= 0.3 is 0 Å². The zero-order valence-corrected chi connectivity index (χ0v) is 20.0. The Hall–Kier alpha value is -2.64. The molecule has 184 valence electrons. The first-order valence-electron chi connectivity index (χ1n) is 11.9. The molecular formula is C27H34F2N2O3. The minimum Gasteiger partial charge on any atom is -0.390 e. The van der Waals surface area contributed by atoms with Crippen LogP contribution in [0.15, 0.2) is 42.5 Å². The molecule has 1 saturated carbocycles. The molecule has 0 spiro atoms. The van der Waals surface area contributed by atoms with Crippen LogP contribution in [0.25, 0.3) is 0 Å². The van der Waals surface area contributed by atoms with Crippen LogP contribution < -0.4 is 10.6 Å². The molecule has 7 heteroatoms. The summed E-state index contributed by atoms with van der Waals surface area (Å²) in [5.41, 5.74) is 2.13. The van der Waals surface area contributed by atoms with Gasteiger partial charge < -0.3 is 15.7 Å². The topological polar surface area (TPSA) is 78.4 Å². The number of Topliss-reactive ketones (excluding diaryl/α,β-unsaturated/α-hetero) is 1. The van der Waals surface area contributed by atoms with Gasteiger partial charge in [-0.1, -0.05) is 38.1 Å². The molecule has 3 rings (SSSR count). The van der Waals surface area contributed by atoms with Crippen molar-refractivity contribution in [3.05, 3.63) is 70.8 Å². The molecule has 3 N–H and O–H groups in total. The summed E-state index contributed by atoms with van der Waals surface area (Å²) in [5, 5.41) is 17.2. The number of aliphatic hydroxyl groups excluding tert-OH is 1. The van der Waals surface area contributed by atoms with Gasteiger partial charge in [-0.2, -0.15) is 0 Å². The maximum atomic E-state index is 13.7. The van der Waals surface area contributed by atoms with Gasteiger partial charge in [-0.05, 0) is 54.0 Å². The fourth-order valence-electron chi connectivity index (χ4n) is 4.69. The first-order valence-corrected chi connectivity index (χ1v) is 11.9. The van der Waals surface area contributed by atoms with Crippen LogP contribution in [0.5, 0.6) is 0 Å². The predicted molar refractivity (Wildman–Crippen MR) is 127 cm³/mol. The largest absolute Gasteiger partial charge is 0.390 e. The lowest BCUT2D eigenvalue weighted by Gasteiger charge is -2.40. The minimum absolute atomic E-state index is 0.0748. The lowest BCUT2D eigenvalue weighted by Crippen LogP contribution is -2.53. The lowest BCUT2D eigenvalue weighted by atomic mass is 9.75. The average molecular weight is 473 g/mol. The molecule has 1 amide bonds. The van der Waals surface area contributed by atoms with E-state index < -0.39 is 29.3 Å². The molecule has 5 nitrogen and oxygen atoms in total. The number of nitrogens with one attached hydrogen (secondary N) is 2. The van der Waals surface area contributed by atoms with Crippen LogP contribution in [0.3, 0.4) is 0 Å². The fraction of sp³-hybridized carbons (Fsp3) is 0.481. The Labute approximate surface area is 200 Å². The Morgan fingerprint density at radius 2 is 1.74 bits per heavy atom. The Morgan fingerprint density at radius 3 is 2.32 bits per heavy atom. The normalized spacial score (nSPS) is 17.4. The molecule has 0 aromatic heterocycles. The molecule has 2 unspecified atom stereocenters. The molecule has 34 heavy (non-hydrogen) atoms. The van der Waals surface area contributed by atoms with E-state index in [1.165, 1.54) is 24.6 Å². The highest BCUT2D eigenvalue weighted by Crippen LogP contribution is 2.37. The number of aliphatic hydroxyl groups is 1. The fourth-order valence-corrected chi connectivity index (χ4v) is 4.69. The van der Waals surface area contributed by atoms with Crippen LogP contribution in [0.2, 0.25) is 0 Å². The summed E-state index contributed by atoms with van der Waals surface area (Å²) in [6.07, 6.45) is 1.18. The second-order valence-corrected chi connectivity index (χ2v) is 9.64. The van der Waals surface area contributed by atoms with Crippen LogP contribution in [-0.4, -0.2) is 35.5 Å². The van der Waals surface area contributed by atoms with Gasteiger partial charge in [0.05, 0.1) is 12.1 Å². The standard InChI is InChI=1S/C27H34F2N2O3/c1-17(2)20-5-4-6-21(14-20)27(9-7-24(33)8-10-27)30-16-26(34)25(31-18(3)32)13-19-11-22(28)15-23(29)12-19/h4-6,11-12,14-15,17,25-26,30,34H,7-10,13,16H2,1-3H3,(H,31,32). The van der Waals surface area contributed by atoms with Gasteiger partial charge in [-0.15, -0.1) is 0 Å². The van der Waals surface area contributed by atoms with Gasteiger partial charge in [0.25, 0.3) is 0 Å². The number of rotatable bonds is 9. The van der Waals surface area contributed by atoms with E-state index in [2.05, 4.69) is 36.6 Å². The second-order valence-electron chi connectivity index (χ2n) is 9.64. The summed E-state index contributed by atoms with van der Waals surface area (Å²) >= 11 is 0. The highest BCUT2D eigenvalue weighted by molar-refractivity contribution is 5.79. The van der Waals surface area contributed by atoms with Crippen molar-refractivity contribution in [3.8, 4) is 0 Å². The third-order valence-electron chi connectivity index (χ3n) is 6.65. The highest BCUT2D eigenvalue weighted by Gasteiger charge is 2.37. The van der Waals surface area contributed by atoms with Crippen LogP contribution >= 0.6 is 0 Å². The van der Waals surface area contributed by atoms with E-state index >= 15 is 0 Å². The van der Waals surface area contributed by atoms with Gasteiger partial charge in [0.2, 0.25) is 5.91 Å². The number of hydrogen-bond donors (Lipinski definition) is 3. The maximum absolute atomic E-state index is 13.7. The van der Waals surface area contributed by atoms with E-state index in [0.717, 1.165) is 11.6 Å². The van der Waals surface area contributed by atoms with Gasteiger partial charge in [-0.3, -0.25) is 9.59 Å². The monoisotopic (exact) mass is 472 g/mol. The van der Waals surface area contributed by atoms with Gasteiger partial charge in [0.15, 0.2) is 0 Å². The molecule has 0 bridgehead atoms. The van der Waals surface area contributed by atoms with E-state index in [0.29, 0.717) is 37.2 Å². The van der Waals surface area contributed by atoms with Crippen molar-refractivity contribution in [1.29, 1.82) is 0 Å². The first kappa shape index (κ1) is 26.0. The Kier molecular flexibility index (Phi) is 8.55. The molecule has 1 aliphatic rings. The van der Waals surface area contributed by atoms with Gasteiger partial charge in [0.1, 0.15) is 17.4 Å². The van der Waals surface area contributed by atoms with Crippen molar-refractivity contribution in [3.63, 3.8) is 0 Å². The summed E-state index contributed by atoms with van der Waals surface area (Å²) in [5.74, 6) is -1.19. The Balaban J connectivity index is 1.81. The number of hydrogen-bond acceptors (Lipinski definition) is 4.